The van der Waals surface area contributed by atoms with Gasteiger partial charge >= 0.3 is 0 Å². The van der Waals surface area contributed by atoms with Gasteiger partial charge in [0.1, 0.15) is 5.52 Å². The molecular formula is C15H20N2O3S. The second-order valence-electron chi connectivity index (χ2n) is 5.65. The van der Waals surface area contributed by atoms with Crippen LogP contribution in [0, 0.1) is 5.41 Å². The Morgan fingerprint density at radius 3 is 2.90 bits per heavy atom. The van der Waals surface area contributed by atoms with Gasteiger partial charge in [0, 0.05) is 13.2 Å². The first-order chi connectivity index (χ1) is 10.00. The number of amides is 1. The fourth-order valence-electron chi connectivity index (χ4n) is 1.82. The standard InChI is InChI=1S/C15H20N2O3S/c1-15(2,7-8-18)10-16-13(19)9-21-14-17-11-5-3-4-6-12(11)20-14/h3-6,18H,7-10H2,1-2H3,(H,16,19). The molecule has 6 heteroatoms. The van der Waals surface area contributed by atoms with Crippen LogP contribution in [0.15, 0.2) is 33.9 Å². The summed E-state index contributed by atoms with van der Waals surface area (Å²) in [4.78, 5) is 16.1. The third-order valence-electron chi connectivity index (χ3n) is 3.15. The van der Waals surface area contributed by atoms with Crippen molar-refractivity contribution in [2.45, 2.75) is 25.5 Å². The highest BCUT2D eigenvalue weighted by atomic mass is 32.2. The predicted octanol–water partition coefficient (Wildman–Crippen LogP) is 2.44. The highest BCUT2D eigenvalue weighted by Gasteiger charge is 2.18. The van der Waals surface area contributed by atoms with E-state index in [9.17, 15) is 4.79 Å². The van der Waals surface area contributed by atoms with Crippen molar-refractivity contribution >= 4 is 28.8 Å². The van der Waals surface area contributed by atoms with E-state index < -0.39 is 0 Å². The fourth-order valence-corrected chi connectivity index (χ4v) is 2.49. The van der Waals surface area contributed by atoms with Crippen molar-refractivity contribution in [3.8, 4) is 0 Å². The third kappa shape index (κ3) is 4.75. The second-order valence-corrected chi connectivity index (χ2v) is 6.58. The highest BCUT2D eigenvalue weighted by molar-refractivity contribution is 7.99. The van der Waals surface area contributed by atoms with Crippen LogP contribution in [-0.4, -0.2) is 34.9 Å². The molecule has 0 fully saturated rings. The van der Waals surface area contributed by atoms with Crippen LogP contribution >= 0.6 is 11.8 Å². The minimum atomic E-state index is -0.104. The van der Waals surface area contributed by atoms with Crippen molar-refractivity contribution in [1.82, 2.24) is 10.3 Å². The number of benzene rings is 1. The smallest absolute Gasteiger partial charge is 0.257 e. The average Bonchev–Trinajstić information content (AvgIpc) is 2.86. The normalized spacial score (nSPS) is 11.8. The zero-order valence-corrected chi connectivity index (χ0v) is 13.1. The molecule has 1 aromatic heterocycles. The van der Waals surface area contributed by atoms with Crippen LogP contribution in [0.25, 0.3) is 11.1 Å². The minimum absolute atomic E-state index is 0.0618. The molecule has 0 saturated heterocycles. The molecule has 21 heavy (non-hydrogen) atoms. The first-order valence-corrected chi connectivity index (χ1v) is 7.85. The fraction of sp³-hybridized carbons (Fsp3) is 0.467. The number of fused-ring (bicyclic) bond motifs is 1. The molecule has 0 saturated carbocycles. The van der Waals surface area contributed by atoms with E-state index in [0.717, 1.165) is 11.1 Å². The third-order valence-corrected chi connectivity index (χ3v) is 3.98. The number of oxazole rings is 1. The van der Waals surface area contributed by atoms with Crippen molar-refractivity contribution in [2.24, 2.45) is 5.41 Å². The van der Waals surface area contributed by atoms with Crippen LogP contribution in [-0.2, 0) is 4.79 Å². The van der Waals surface area contributed by atoms with E-state index in [1.54, 1.807) is 0 Å². The van der Waals surface area contributed by atoms with Gasteiger partial charge < -0.3 is 14.8 Å². The lowest BCUT2D eigenvalue weighted by Crippen LogP contribution is -2.35. The number of hydrogen-bond acceptors (Lipinski definition) is 5. The molecule has 1 aromatic carbocycles. The summed E-state index contributed by atoms with van der Waals surface area (Å²) in [5.41, 5.74) is 1.42. The van der Waals surface area contributed by atoms with E-state index in [1.165, 1.54) is 11.8 Å². The molecule has 1 heterocycles. The lowest BCUT2D eigenvalue weighted by molar-refractivity contribution is -0.119. The van der Waals surface area contributed by atoms with E-state index in [0.29, 0.717) is 18.2 Å². The summed E-state index contributed by atoms with van der Waals surface area (Å²) >= 11 is 1.28. The summed E-state index contributed by atoms with van der Waals surface area (Å²) in [5, 5.41) is 12.3. The van der Waals surface area contributed by atoms with Gasteiger partial charge in [0.25, 0.3) is 5.22 Å². The maximum absolute atomic E-state index is 11.8. The molecule has 0 aliphatic carbocycles. The van der Waals surface area contributed by atoms with Crippen LogP contribution in [0.3, 0.4) is 0 Å². The predicted molar refractivity (Wildman–Crippen MR) is 83.2 cm³/mol. The van der Waals surface area contributed by atoms with Crippen molar-refractivity contribution in [1.29, 1.82) is 0 Å². The Bertz CT molecular complexity index is 577. The molecule has 0 bridgehead atoms. The van der Waals surface area contributed by atoms with Gasteiger partial charge in [-0.15, -0.1) is 0 Å². The van der Waals surface area contributed by atoms with Gasteiger partial charge in [-0.1, -0.05) is 37.7 Å². The number of thioether (sulfide) groups is 1. The molecule has 2 N–H and O–H groups in total. The van der Waals surface area contributed by atoms with Crippen LogP contribution in [0.5, 0.6) is 0 Å². The number of aliphatic hydroxyl groups is 1. The average molecular weight is 308 g/mol. The number of rotatable bonds is 7. The lowest BCUT2D eigenvalue weighted by atomic mass is 9.90. The number of nitrogens with one attached hydrogen (secondary N) is 1. The van der Waals surface area contributed by atoms with Crippen molar-refractivity contribution in [2.75, 3.05) is 18.9 Å². The molecule has 0 aliphatic heterocycles. The van der Waals surface area contributed by atoms with Crippen LogP contribution in [0.1, 0.15) is 20.3 Å². The number of hydrogen-bond donors (Lipinski definition) is 2. The van der Waals surface area contributed by atoms with Crippen LogP contribution in [0.2, 0.25) is 0 Å². The Morgan fingerprint density at radius 2 is 2.19 bits per heavy atom. The summed E-state index contributed by atoms with van der Waals surface area (Å²) in [6, 6.07) is 7.51. The molecule has 114 valence electrons. The van der Waals surface area contributed by atoms with Gasteiger partial charge in [-0.25, -0.2) is 4.98 Å². The maximum Gasteiger partial charge on any atom is 0.257 e. The summed E-state index contributed by atoms with van der Waals surface area (Å²) < 4.78 is 5.54. The van der Waals surface area contributed by atoms with E-state index in [-0.39, 0.29) is 23.7 Å². The highest BCUT2D eigenvalue weighted by Crippen LogP contribution is 2.23. The largest absolute Gasteiger partial charge is 0.431 e. The SMILES string of the molecule is CC(C)(CCO)CNC(=O)CSc1nc2ccccc2o1. The van der Waals surface area contributed by atoms with Crippen molar-refractivity contribution < 1.29 is 14.3 Å². The lowest BCUT2D eigenvalue weighted by Gasteiger charge is -2.23. The number of carbonyl (C=O) groups excluding carboxylic acids is 1. The zero-order chi connectivity index (χ0) is 15.3. The van der Waals surface area contributed by atoms with Crippen molar-refractivity contribution in [3.63, 3.8) is 0 Å². The van der Waals surface area contributed by atoms with Gasteiger partial charge in [-0.3, -0.25) is 4.79 Å². The summed E-state index contributed by atoms with van der Waals surface area (Å²) in [7, 11) is 0. The Labute approximate surface area is 128 Å². The number of aliphatic hydroxyl groups excluding tert-OH is 1. The van der Waals surface area contributed by atoms with Gasteiger partial charge in [-0.2, -0.15) is 0 Å². The number of aromatic nitrogens is 1. The Morgan fingerprint density at radius 1 is 1.43 bits per heavy atom. The number of para-hydroxylation sites is 2. The van der Waals surface area contributed by atoms with Crippen molar-refractivity contribution in [3.05, 3.63) is 24.3 Å². The van der Waals surface area contributed by atoms with E-state index in [1.807, 2.05) is 38.1 Å². The summed E-state index contributed by atoms with van der Waals surface area (Å²) in [6.45, 7) is 4.69. The number of nitrogens with zero attached hydrogens (tertiary/aromatic N) is 1. The molecule has 0 aliphatic rings. The minimum Gasteiger partial charge on any atom is -0.431 e. The maximum atomic E-state index is 11.8. The Balaban J connectivity index is 1.81. The molecule has 0 radical (unpaired) electrons. The molecule has 1 amide bonds. The molecule has 0 unspecified atom stereocenters. The topological polar surface area (TPSA) is 75.4 Å². The Hall–Kier alpha value is -1.53. The van der Waals surface area contributed by atoms with Gasteiger partial charge in [0.15, 0.2) is 5.58 Å². The first-order valence-electron chi connectivity index (χ1n) is 6.86. The molecule has 2 rings (SSSR count). The van der Waals surface area contributed by atoms with E-state index >= 15 is 0 Å². The summed E-state index contributed by atoms with van der Waals surface area (Å²) in [6.07, 6.45) is 0.658. The van der Waals surface area contributed by atoms with Gasteiger partial charge in [0.2, 0.25) is 5.91 Å². The van der Waals surface area contributed by atoms with Gasteiger partial charge in [-0.05, 0) is 24.0 Å². The van der Waals surface area contributed by atoms with E-state index in [2.05, 4.69) is 10.3 Å². The van der Waals surface area contributed by atoms with Gasteiger partial charge in [0.05, 0.1) is 5.75 Å². The molecule has 0 spiro atoms. The molecule has 0 atom stereocenters. The zero-order valence-electron chi connectivity index (χ0n) is 12.3. The Kier molecular flexibility index (Phi) is 5.25. The second kappa shape index (κ2) is 6.95. The monoisotopic (exact) mass is 308 g/mol. The van der Waals surface area contributed by atoms with Crippen LogP contribution in [0.4, 0.5) is 0 Å². The first kappa shape index (κ1) is 15.9. The summed E-state index contributed by atoms with van der Waals surface area (Å²) in [5.74, 6) is 0.204. The number of carbonyl (C=O) groups is 1. The molecule has 5 nitrogen and oxygen atoms in total. The van der Waals surface area contributed by atoms with Crippen LogP contribution < -0.4 is 5.32 Å². The quantitative estimate of drug-likeness (QED) is 0.768. The van der Waals surface area contributed by atoms with E-state index in [4.69, 9.17) is 9.52 Å². The molecule has 2 aromatic rings. The molecular weight excluding hydrogens is 288 g/mol.